The molecule has 1 aromatic carbocycles. The lowest BCUT2D eigenvalue weighted by Crippen LogP contribution is -2.50. The van der Waals surface area contributed by atoms with E-state index in [1.165, 1.54) is 0 Å². The summed E-state index contributed by atoms with van der Waals surface area (Å²) in [5.41, 5.74) is 0.895. The van der Waals surface area contributed by atoms with Crippen molar-refractivity contribution in [1.82, 2.24) is 10.2 Å². The van der Waals surface area contributed by atoms with Crippen molar-refractivity contribution in [3.8, 4) is 0 Å². The summed E-state index contributed by atoms with van der Waals surface area (Å²) in [6.45, 7) is 2.98. The lowest BCUT2D eigenvalue weighted by atomic mass is 10.1. The van der Waals surface area contributed by atoms with E-state index in [0.29, 0.717) is 43.0 Å². The molecule has 0 saturated carbocycles. The quantitative estimate of drug-likeness (QED) is 0.882. The number of hydrogen-bond acceptors (Lipinski definition) is 3. The van der Waals surface area contributed by atoms with Gasteiger partial charge in [-0.1, -0.05) is 23.2 Å². The third-order valence-corrected chi connectivity index (χ3v) is 4.60. The molecule has 2 saturated heterocycles. The van der Waals surface area contributed by atoms with Gasteiger partial charge in [-0.15, -0.1) is 0 Å². The van der Waals surface area contributed by atoms with E-state index in [4.69, 9.17) is 32.7 Å². The van der Waals surface area contributed by atoms with Crippen molar-refractivity contribution in [1.29, 1.82) is 0 Å². The van der Waals surface area contributed by atoms with Crippen LogP contribution in [0.3, 0.4) is 0 Å². The first-order valence-corrected chi connectivity index (χ1v) is 8.58. The van der Waals surface area contributed by atoms with Gasteiger partial charge in [0, 0.05) is 35.8 Å². The number of amides is 2. The molecule has 2 fully saturated rings. The standard InChI is InChI=1S/C16H20Cl2N2O3/c17-12-7-11(8-13(18)9-12)15-10-20(3-6-23-15)16(21)19-14-1-4-22-5-2-14/h7-9,14-15H,1-6,10H2,(H,19,21)/t15-/m1/s1. The van der Waals surface area contributed by atoms with Gasteiger partial charge in [-0.25, -0.2) is 4.79 Å². The van der Waals surface area contributed by atoms with E-state index in [0.717, 1.165) is 18.4 Å². The zero-order chi connectivity index (χ0) is 16.2. The Balaban J connectivity index is 1.62. The van der Waals surface area contributed by atoms with Crippen molar-refractivity contribution in [3.63, 3.8) is 0 Å². The van der Waals surface area contributed by atoms with Gasteiger partial charge >= 0.3 is 6.03 Å². The Morgan fingerprint density at radius 1 is 1.13 bits per heavy atom. The maximum atomic E-state index is 12.4. The Morgan fingerprint density at radius 3 is 2.52 bits per heavy atom. The topological polar surface area (TPSA) is 50.8 Å². The maximum Gasteiger partial charge on any atom is 0.317 e. The number of nitrogens with zero attached hydrogens (tertiary/aromatic N) is 1. The van der Waals surface area contributed by atoms with Gasteiger partial charge in [0.05, 0.1) is 13.2 Å². The lowest BCUT2D eigenvalue weighted by Gasteiger charge is -2.35. The van der Waals surface area contributed by atoms with Crippen LogP contribution in [0, 0.1) is 0 Å². The number of hydrogen-bond donors (Lipinski definition) is 1. The highest BCUT2D eigenvalue weighted by Crippen LogP contribution is 2.28. The number of morpholine rings is 1. The number of halogens is 2. The molecule has 0 spiro atoms. The SMILES string of the molecule is O=C(NC1CCOCC1)N1CCO[C@@H](c2cc(Cl)cc(Cl)c2)C1. The number of urea groups is 1. The van der Waals surface area contributed by atoms with Crippen LogP contribution in [-0.4, -0.2) is 49.9 Å². The second-order valence-corrected chi connectivity index (χ2v) is 6.72. The van der Waals surface area contributed by atoms with Crippen molar-refractivity contribution >= 4 is 29.2 Å². The molecule has 1 atom stereocenters. The predicted molar refractivity (Wildman–Crippen MR) is 89.1 cm³/mol. The number of carbonyl (C=O) groups is 1. The molecule has 0 aliphatic carbocycles. The smallest absolute Gasteiger partial charge is 0.317 e. The molecule has 2 amide bonds. The molecule has 2 aliphatic rings. The molecule has 126 valence electrons. The number of rotatable bonds is 2. The van der Waals surface area contributed by atoms with E-state index < -0.39 is 0 Å². The summed E-state index contributed by atoms with van der Waals surface area (Å²) in [5.74, 6) is 0. The molecule has 5 nitrogen and oxygen atoms in total. The highest BCUT2D eigenvalue weighted by molar-refractivity contribution is 6.34. The molecule has 2 heterocycles. The van der Waals surface area contributed by atoms with Gasteiger partial charge in [-0.05, 0) is 36.6 Å². The highest BCUT2D eigenvalue weighted by atomic mass is 35.5. The largest absolute Gasteiger partial charge is 0.381 e. The monoisotopic (exact) mass is 358 g/mol. The minimum absolute atomic E-state index is 0.0432. The van der Waals surface area contributed by atoms with Crippen molar-refractivity contribution in [2.45, 2.75) is 25.0 Å². The fourth-order valence-electron chi connectivity index (χ4n) is 2.90. The van der Waals surface area contributed by atoms with Crippen LogP contribution in [0.15, 0.2) is 18.2 Å². The highest BCUT2D eigenvalue weighted by Gasteiger charge is 2.27. The van der Waals surface area contributed by atoms with E-state index in [1.807, 2.05) is 12.1 Å². The Hall–Kier alpha value is -1.01. The number of benzene rings is 1. The average molecular weight is 359 g/mol. The summed E-state index contributed by atoms with van der Waals surface area (Å²) < 4.78 is 11.1. The lowest BCUT2D eigenvalue weighted by molar-refractivity contribution is -0.0165. The van der Waals surface area contributed by atoms with Gasteiger partial charge in [0.1, 0.15) is 6.10 Å². The molecule has 0 bridgehead atoms. The molecule has 1 N–H and O–H groups in total. The van der Waals surface area contributed by atoms with Crippen molar-refractivity contribution in [2.24, 2.45) is 0 Å². The van der Waals surface area contributed by atoms with Gasteiger partial charge in [0.2, 0.25) is 0 Å². The van der Waals surface area contributed by atoms with E-state index in [2.05, 4.69) is 5.32 Å². The zero-order valence-electron chi connectivity index (χ0n) is 12.8. The van der Waals surface area contributed by atoms with E-state index in [-0.39, 0.29) is 18.2 Å². The molecule has 2 aliphatic heterocycles. The fraction of sp³-hybridized carbons (Fsp3) is 0.562. The van der Waals surface area contributed by atoms with Crippen LogP contribution in [0.2, 0.25) is 10.0 Å². The van der Waals surface area contributed by atoms with Gasteiger partial charge in [0.25, 0.3) is 0 Å². The van der Waals surface area contributed by atoms with Gasteiger partial charge in [0.15, 0.2) is 0 Å². The first-order valence-electron chi connectivity index (χ1n) is 7.82. The van der Waals surface area contributed by atoms with Gasteiger partial charge < -0.3 is 19.7 Å². The predicted octanol–water partition coefficient (Wildman–Crippen LogP) is 3.26. The van der Waals surface area contributed by atoms with Gasteiger partial charge in [-0.3, -0.25) is 0 Å². The van der Waals surface area contributed by atoms with Crippen molar-refractivity contribution < 1.29 is 14.3 Å². The molecule has 1 aromatic rings. The first-order chi connectivity index (χ1) is 11.1. The number of nitrogens with one attached hydrogen (secondary N) is 1. The summed E-state index contributed by atoms with van der Waals surface area (Å²) in [4.78, 5) is 14.2. The van der Waals surface area contributed by atoms with Crippen molar-refractivity contribution in [2.75, 3.05) is 32.9 Å². The first kappa shape index (κ1) is 16.8. The summed E-state index contributed by atoms with van der Waals surface area (Å²) >= 11 is 12.1. The molecule has 0 aromatic heterocycles. The Morgan fingerprint density at radius 2 is 1.83 bits per heavy atom. The minimum Gasteiger partial charge on any atom is -0.381 e. The van der Waals surface area contributed by atoms with E-state index in [9.17, 15) is 4.79 Å². The Bertz CT molecular complexity index is 544. The molecular weight excluding hydrogens is 339 g/mol. The maximum absolute atomic E-state index is 12.4. The summed E-state index contributed by atoms with van der Waals surface area (Å²) in [6, 6.07) is 5.50. The summed E-state index contributed by atoms with van der Waals surface area (Å²) in [6.07, 6.45) is 1.52. The van der Waals surface area contributed by atoms with Crippen LogP contribution in [0.4, 0.5) is 4.79 Å². The molecule has 0 unspecified atom stereocenters. The van der Waals surface area contributed by atoms with Gasteiger partial charge in [-0.2, -0.15) is 0 Å². The molecule has 0 radical (unpaired) electrons. The number of ether oxygens (including phenoxy) is 2. The second kappa shape index (κ2) is 7.71. The molecule has 23 heavy (non-hydrogen) atoms. The zero-order valence-corrected chi connectivity index (χ0v) is 14.3. The summed E-state index contributed by atoms with van der Waals surface area (Å²) in [7, 11) is 0. The third kappa shape index (κ3) is 4.51. The normalized spacial score (nSPS) is 22.9. The van der Waals surface area contributed by atoms with Crippen LogP contribution in [-0.2, 0) is 9.47 Å². The van der Waals surface area contributed by atoms with Crippen LogP contribution in [0.1, 0.15) is 24.5 Å². The van der Waals surface area contributed by atoms with E-state index >= 15 is 0 Å². The summed E-state index contributed by atoms with van der Waals surface area (Å²) in [5, 5.41) is 4.22. The second-order valence-electron chi connectivity index (χ2n) is 5.84. The van der Waals surface area contributed by atoms with Crippen molar-refractivity contribution in [3.05, 3.63) is 33.8 Å². The number of carbonyl (C=O) groups excluding carboxylic acids is 1. The van der Waals surface area contributed by atoms with Crippen LogP contribution < -0.4 is 5.32 Å². The average Bonchev–Trinajstić information content (AvgIpc) is 2.55. The van der Waals surface area contributed by atoms with E-state index in [1.54, 1.807) is 11.0 Å². The van der Waals surface area contributed by atoms with Crippen LogP contribution in [0.25, 0.3) is 0 Å². The Kier molecular flexibility index (Phi) is 5.64. The molecule has 7 heteroatoms. The Labute approximate surface area is 145 Å². The fourth-order valence-corrected chi connectivity index (χ4v) is 3.45. The minimum atomic E-state index is -0.208. The third-order valence-electron chi connectivity index (χ3n) is 4.16. The molecule has 3 rings (SSSR count). The van der Waals surface area contributed by atoms with Crippen LogP contribution >= 0.6 is 23.2 Å². The molecular formula is C16H20Cl2N2O3. The van der Waals surface area contributed by atoms with Crippen LogP contribution in [0.5, 0.6) is 0 Å².